The summed E-state index contributed by atoms with van der Waals surface area (Å²) in [7, 11) is 0. The zero-order valence-electron chi connectivity index (χ0n) is 11.9. The fourth-order valence-corrected chi connectivity index (χ4v) is 2.46. The predicted molar refractivity (Wildman–Crippen MR) is 79.2 cm³/mol. The topological polar surface area (TPSA) is 68.0 Å². The predicted octanol–water partition coefficient (Wildman–Crippen LogP) is 2.99. The summed E-state index contributed by atoms with van der Waals surface area (Å²) in [5, 5.41) is 2.47. The number of nitrogens with zero attached hydrogens (tertiary/aromatic N) is 1. The van der Waals surface area contributed by atoms with E-state index < -0.39 is 11.6 Å². The van der Waals surface area contributed by atoms with Crippen molar-refractivity contribution in [3.63, 3.8) is 0 Å². The Labute approximate surface area is 126 Å². The number of benzene rings is 1. The van der Waals surface area contributed by atoms with Crippen LogP contribution in [0.3, 0.4) is 0 Å². The minimum absolute atomic E-state index is 0.0424. The van der Waals surface area contributed by atoms with Crippen LogP contribution in [-0.2, 0) is 4.79 Å². The summed E-state index contributed by atoms with van der Waals surface area (Å²) in [6.45, 7) is 1.96. The summed E-state index contributed by atoms with van der Waals surface area (Å²) in [5.41, 5.74) is 7.02. The first-order chi connectivity index (χ1) is 10.5. The van der Waals surface area contributed by atoms with Crippen LogP contribution >= 0.6 is 0 Å². The lowest BCUT2D eigenvalue weighted by Gasteiger charge is -2.08. The van der Waals surface area contributed by atoms with E-state index in [0.717, 1.165) is 17.3 Å². The van der Waals surface area contributed by atoms with Crippen LogP contribution in [0.1, 0.15) is 23.6 Å². The van der Waals surface area contributed by atoms with Gasteiger partial charge in [-0.2, -0.15) is 0 Å². The fourth-order valence-electron chi connectivity index (χ4n) is 2.46. The zero-order valence-corrected chi connectivity index (χ0v) is 11.9. The number of aryl methyl sites for hydroxylation is 1. The number of nitrogens with one attached hydrogen (secondary N) is 1. The van der Waals surface area contributed by atoms with Gasteiger partial charge < -0.3 is 11.1 Å². The van der Waals surface area contributed by atoms with Gasteiger partial charge >= 0.3 is 0 Å². The van der Waals surface area contributed by atoms with E-state index in [0.29, 0.717) is 12.5 Å². The van der Waals surface area contributed by atoms with Crippen LogP contribution in [0.5, 0.6) is 0 Å². The third-order valence-corrected chi connectivity index (χ3v) is 3.79. The molecule has 1 aliphatic rings. The number of amides is 1. The van der Waals surface area contributed by atoms with Crippen molar-refractivity contribution in [3.05, 3.63) is 53.4 Å². The van der Waals surface area contributed by atoms with Crippen molar-refractivity contribution in [2.75, 3.05) is 11.1 Å². The van der Waals surface area contributed by atoms with Gasteiger partial charge in [0.25, 0.3) is 0 Å². The minimum atomic E-state index is -0.844. The van der Waals surface area contributed by atoms with Crippen molar-refractivity contribution in [1.82, 2.24) is 4.98 Å². The highest BCUT2D eigenvalue weighted by Crippen LogP contribution is 2.47. The Morgan fingerprint density at radius 3 is 2.82 bits per heavy atom. The molecule has 3 rings (SSSR count). The molecule has 0 spiro atoms. The number of hydrogen-bond acceptors (Lipinski definition) is 3. The molecular formula is C16H15F2N3O. The van der Waals surface area contributed by atoms with Crippen molar-refractivity contribution >= 4 is 17.3 Å². The Hall–Kier alpha value is -2.50. The number of nitrogen functional groups attached to an aromatic ring is 1. The number of anilines is 2. The SMILES string of the molecule is Cc1ccnc(C2CC2C(=O)Nc2cc(N)c(F)cc2F)c1. The van der Waals surface area contributed by atoms with Crippen molar-refractivity contribution in [2.24, 2.45) is 5.92 Å². The first kappa shape index (κ1) is 14.4. The maximum Gasteiger partial charge on any atom is 0.228 e. The van der Waals surface area contributed by atoms with Crippen LogP contribution < -0.4 is 11.1 Å². The van der Waals surface area contributed by atoms with E-state index in [1.165, 1.54) is 0 Å². The molecule has 1 aromatic heterocycles. The standard InChI is InChI=1S/C16H15F2N3O/c1-8-2-3-20-14(4-8)9-5-10(9)16(22)21-15-7-13(19)11(17)6-12(15)18/h2-4,6-7,9-10H,5,19H2,1H3,(H,21,22). The van der Waals surface area contributed by atoms with E-state index in [-0.39, 0.29) is 29.1 Å². The van der Waals surface area contributed by atoms with Crippen molar-refractivity contribution in [2.45, 2.75) is 19.3 Å². The van der Waals surface area contributed by atoms with Crippen molar-refractivity contribution in [3.8, 4) is 0 Å². The lowest BCUT2D eigenvalue weighted by molar-refractivity contribution is -0.117. The van der Waals surface area contributed by atoms with Crippen LogP contribution in [0.2, 0.25) is 0 Å². The molecule has 1 aliphatic carbocycles. The number of nitrogens with two attached hydrogens (primary N) is 1. The first-order valence-corrected chi connectivity index (χ1v) is 6.93. The Bertz CT molecular complexity index is 748. The number of hydrogen-bond donors (Lipinski definition) is 2. The molecule has 2 atom stereocenters. The summed E-state index contributed by atoms with van der Waals surface area (Å²) >= 11 is 0. The second-order valence-electron chi connectivity index (χ2n) is 5.55. The number of pyridine rings is 1. The molecule has 2 aromatic rings. The second kappa shape index (κ2) is 5.36. The summed E-state index contributed by atoms with van der Waals surface area (Å²) in [5.74, 6) is -2.20. The molecule has 4 nitrogen and oxygen atoms in total. The normalized spacial score (nSPS) is 19.8. The Kier molecular flexibility index (Phi) is 3.52. The third kappa shape index (κ3) is 2.77. The van der Waals surface area contributed by atoms with Gasteiger partial charge in [-0.3, -0.25) is 9.78 Å². The minimum Gasteiger partial charge on any atom is -0.396 e. The molecule has 0 aliphatic heterocycles. The van der Waals surface area contributed by atoms with Gasteiger partial charge in [0, 0.05) is 29.8 Å². The van der Waals surface area contributed by atoms with Crippen LogP contribution in [0, 0.1) is 24.5 Å². The van der Waals surface area contributed by atoms with E-state index >= 15 is 0 Å². The van der Waals surface area contributed by atoms with E-state index in [2.05, 4.69) is 10.3 Å². The van der Waals surface area contributed by atoms with Crippen molar-refractivity contribution < 1.29 is 13.6 Å². The average molecular weight is 303 g/mol. The molecule has 2 unspecified atom stereocenters. The maximum absolute atomic E-state index is 13.6. The van der Waals surface area contributed by atoms with Crippen LogP contribution in [0.25, 0.3) is 0 Å². The maximum atomic E-state index is 13.6. The van der Waals surface area contributed by atoms with E-state index in [1.807, 2.05) is 19.1 Å². The van der Waals surface area contributed by atoms with E-state index in [4.69, 9.17) is 5.73 Å². The average Bonchev–Trinajstić information content (AvgIpc) is 3.25. The lowest BCUT2D eigenvalue weighted by Crippen LogP contribution is -2.16. The molecule has 0 bridgehead atoms. The molecule has 0 radical (unpaired) electrons. The third-order valence-electron chi connectivity index (χ3n) is 3.79. The highest BCUT2D eigenvalue weighted by atomic mass is 19.1. The van der Waals surface area contributed by atoms with Crippen molar-refractivity contribution in [1.29, 1.82) is 0 Å². The molecule has 1 heterocycles. The number of rotatable bonds is 3. The van der Waals surface area contributed by atoms with Gasteiger partial charge in [0.1, 0.15) is 11.6 Å². The molecular weight excluding hydrogens is 288 g/mol. The fraction of sp³-hybridized carbons (Fsp3) is 0.250. The Balaban J connectivity index is 1.71. The van der Waals surface area contributed by atoms with Gasteiger partial charge in [-0.15, -0.1) is 0 Å². The second-order valence-corrected chi connectivity index (χ2v) is 5.55. The summed E-state index contributed by atoms with van der Waals surface area (Å²) in [4.78, 5) is 16.4. The van der Waals surface area contributed by atoms with E-state index in [1.54, 1.807) is 6.20 Å². The molecule has 1 fully saturated rings. The quantitative estimate of drug-likeness (QED) is 0.857. The van der Waals surface area contributed by atoms with Gasteiger partial charge in [-0.05, 0) is 37.1 Å². The monoisotopic (exact) mass is 303 g/mol. The smallest absolute Gasteiger partial charge is 0.228 e. The van der Waals surface area contributed by atoms with Gasteiger partial charge in [-0.25, -0.2) is 8.78 Å². The number of carbonyl (C=O) groups excluding carboxylic acids is 1. The lowest BCUT2D eigenvalue weighted by atomic mass is 10.1. The molecule has 3 N–H and O–H groups in total. The molecule has 0 saturated heterocycles. The molecule has 22 heavy (non-hydrogen) atoms. The summed E-state index contributed by atoms with van der Waals surface area (Å²) < 4.78 is 26.7. The Morgan fingerprint density at radius 1 is 1.32 bits per heavy atom. The number of halogens is 2. The van der Waals surface area contributed by atoms with E-state index in [9.17, 15) is 13.6 Å². The first-order valence-electron chi connectivity index (χ1n) is 6.93. The molecule has 114 valence electrons. The van der Waals surface area contributed by atoms with Crippen LogP contribution in [0.4, 0.5) is 20.2 Å². The zero-order chi connectivity index (χ0) is 15.9. The van der Waals surface area contributed by atoms with Gasteiger partial charge in [0.05, 0.1) is 11.4 Å². The Morgan fingerprint density at radius 2 is 2.09 bits per heavy atom. The van der Waals surface area contributed by atoms with Crippen LogP contribution in [0.15, 0.2) is 30.5 Å². The molecule has 1 saturated carbocycles. The highest BCUT2D eigenvalue weighted by molar-refractivity contribution is 5.95. The summed E-state index contributed by atoms with van der Waals surface area (Å²) in [6.07, 6.45) is 2.37. The molecule has 1 aromatic carbocycles. The van der Waals surface area contributed by atoms with Gasteiger partial charge in [0.15, 0.2) is 0 Å². The molecule has 1 amide bonds. The van der Waals surface area contributed by atoms with Gasteiger partial charge in [-0.1, -0.05) is 0 Å². The van der Waals surface area contributed by atoms with Crippen LogP contribution in [-0.4, -0.2) is 10.9 Å². The van der Waals surface area contributed by atoms with Gasteiger partial charge in [0.2, 0.25) is 5.91 Å². The number of aromatic nitrogens is 1. The largest absolute Gasteiger partial charge is 0.396 e. The summed E-state index contributed by atoms with van der Waals surface area (Å²) in [6, 6.07) is 5.58. The molecule has 6 heteroatoms. The number of carbonyl (C=O) groups is 1. The highest BCUT2D eigenvalue weighted by Gasteiger charge is 2.45.